The van der Waals surface area contributed by atoms with Gasteiger partial charge in [0.1, 0.15) is 5.60 Å². The first kappa shape index (κ1) is 29.7. The van der Waals surface area contributed by atoms with Gasteiger partial charge in [0.15, 0.2) is 0 Å². The van der Waals surface area contributed by atoms with Crippen LogP contribution in [0.5, 0.6) is 0 Å². The molecule has 12 heteroatoms. The summed E-state index contributed by atoms with van der Waals surface area (Å²) in [4.78, 5) is 16.3. The first-order valence-corrected chi connectivity index (χ1v) is 14.8. The van der Waals surface area contributed by atoms with Crippen LogP contribution in [0.25, 0.3) is 0 Å². The van der Waals surface area contributed by atoms with Gasteiger partial charge in [-0.05, 0) is 65.3 Å². The van der Waals surface area contributed by atoms with Gasteiger partial charge in [0.25, 0.3) is 0 Å². The maximum atomic E-state index is 13.2. The van der Waals surface area contributed by atoms with E-state index in [0.717, 1.165) is 20.9 Å². The van der Waals surface area contributed by atoms with Gasteiger partial charge in [-0.2, -0.15) is 13.2 Å². The van der Waals surface area contributed by atoms with Gasteiger partial charge in [0, 0.05) is 22.4 Å². The molecular weight excluding hydrogens is 545 g/mol. The summed E-state index contributed by atoms with van der Waals surface area (Å²) < 4.78 is 69.9. The number of carbonyl (C=O) groups is 1. The topological polar surface area (TPSA) is 75.7 Å². The predicted octanol–water partition coefficient (Wildman–Crippen LogP) is 6.33. The Morgan fingerprint density at radius 3 is 1.84 bits per heavy atom. The maximum Gasteiger partial charge on any atom is 0.511 e. The molecule has 1 saturated heterocycles. The van der Waals surface area contributed by atoms with Gasteiger partial charge in [-0.3, -0.25) is 0 Å². The number of nitrogens with one attached hydrogen (secondary N) is 1. The predicted molar refractivity (Wildman–Crippen MR) is 141 cm³/mol. The second kappa shape index (κ2) is 11.5. The summed E-state index contributed by atoms with van der Waals surface area (Å²) in [6.07, 6.45) is -0.707. The summed E-state index contributed by atoms with van der Waals surface area (Å²) in [5.74, 6) is 0. The van der Waals surface area contributed by atoms with Crippen molar-refractivity contribution in [1.29, 1.82) is 0 Å². The molecule has 0 spiro atoms. The molecule has 204 valence electrons. The molecule has 1 amide bonds. The lowest BCUT2D eigenvalue weighted by Gasteiger charge is -2.32. The number of amides is 1. The number of carbonyl (C=O) groups excluding carboxylic acids is 1. The Hall–Kier alpha value is -1.89. The minimum absolute atomic E-state index is 0.00303. The van der Waals surface area contributed by atoms with Crippen LogP contribution in [-0.4, -0.2) is 53.7 Å². The number of sulfonamides is 1. The molecule has 3 rings (SSSR count). The van der Waals surface area contributed by atoms with E-state index in [9.17, 15) is 26.4 Å². The van der Waals surface area contributed by atoms with Gasteiger partial charge in [-0.25, -0.2) is 17.9 Å². The molecule has 2 atom stereocenters. The molecular formula is C25H31F3N2O4S3. The first-order chi connectivity index (χ1) is 17.0. The van der Waals surface area contributed by atoms with Crippen LogP contribution in [-0.2, 0) is 14.8 Å². The van der Waals surface area contributed by atoms with Crippen molar-refractivity contribution in [3.63, 3.8) is 0 Å². The van der Waals surface area contributed by atoms with Gasteiger partial charge < -0.3 is 9.64 Å². The van der Waals surface area contributed by atoms with Gasteiger partial charge >= 0.3 is 21.6 Å². The fourth-order valence-electron chi connectivity index (χ4n) is 3.71. The molecule has 2 aromatic carbocycles. The Morgan fingerprint density at radius 2 is 1.43 bits per heavy atom. The van der Waals surface area contributed by atoms with E-state index < -0.39 is 39.3 Å². The van der Waals surface area contributed by atoms with Crippen LogP contribution >= 0.6 is 23.5 Å². The van der Waals surface area contributed by atoms with E-state index in [0.29, 0.717) is 0 Å². The van der Waals surface area contributed by atoms with Crippen molar-refractivity contribution < 1.29 is 31.1 Å². The Morgan fingerprint density at radius 1 is 0.973 bits per heavy atom. The van der Waals surface area contributed by atoms with Gasteiger partial charge in [-0.1, -0.05) is 35.4 Å². The number of aryl methyl sites for hydroxylation is 2. The van der Waals surface area contributed by atoms with Crippen LogP contribution in [0.1, 0.15) is 38.3 Å². The molecule has 6 nitrogen and oxygen atoms in total. The lowest BCUT2D eigenvalue weighted by atomic mass is 10.2. The lowest BCUT2D eigenvalue weighted by Crippen LogP contribution is -2.45. The molecule has 2 aromatic rings. The van der Waals surface area contributed by atoms with Crippen molar-refractivity contribution in [1.82, 2.24) is 9.62 Å². The number of alkyl halides is 3. The van der Waals surface area contributed by atoms with E-state index in [4.69, 9.17) is 4.74 Å². The Bertz CT molecular complexity index is 1130. The Kier molecular flexibility index (Phi) is 9.19. The highest BCUT2D eigenvalue weighted by Gasteiger charge is 2.50. The van der Waals surface area contributed by atoms with Crippen molar-refractivity contribution in [2.45, 2.75) is 78.6 Å². The summed E-state index contributed by atoms with van der Waals surface area (Å²) in [5.41, 5.74) is -4.14. The number of benzene rings is 2. The molecule has 0 saturated carbocycles. The normalized spacial score (nSPS) is 18.9. The van der Waals surface area contributed by atoms with E-state index in [1.807, 2.05) is 62.4 Å². The number of thioether (sulfide) groups is 2. The number of ether oxygens (including phenoxy) is 1. The second-order valence-corrected chi connectivity index (χ2v) is 14.4. The summed E-state index contributed by atoms with van der Waals surface area (Å²) in [7, 11) is -5.58. The average molecular weight is 577 g/mol. The van der Waals surface area contributed by atoms with Crippen molar-refractivity contribution >= 4 is 39.6 Å². The summed E-state index contributed by atoms with van der Waals surface area (Å²) in [6, 6.07) is 13.9. The molecule has 0 unspecified atom stereocenters. The van der Waals surface area contributed by atoms with E-state index in [1.165, 1.54) is 28.4 Å². The molecule has 1 heterocycles. The minimum Gasteiger partial charge on any atom is -0.444 e. The van der Waals surface area contributed by atoms with Crippen LogP contribution in [0.2, 0.25) is 0 Å². The third-order valence-electron chi connectivity index (χ3n) is 5.46. The standard InChI is InChI=1S/C25H31F3N2O4S3/c1-16-6-10-19(11-7-16)35-22(36-20-12-8-17(2)9-13-20)21-14-18(29-37(32,33)25(26,27)28)15-30(21)23(31)34-24(3,4)5/h6-13,18,21-22,29H,14-15H2,1-5H3/t18-,21+/m1/s1. The van der Waals surface area contributed by atoms with Gasteiger partial charge in [-0.15, -0.1) is 23.5 Å². The number of likely N-dealkylation sites (tertiary alicyclic amines) is 1. The molecule has 1 aliphatic heterocycles. The second-order valence-electron chi connectivity index (χ2n) is 9.93. The SMILES string of the molecule is Cc1ccc(SC(Sc2ccc(C)cc2)[C@@H]2C[C@@H](NS(=O)(=O)C(F)(F)F)CN2C(=O)OC(C)(C)C)cc1. The summed E-state index contributed by atoms with van der Waals surface area (Å²) in [6.45, 7) is 8.77. The van der Waals surface area contributed by atoms with E-state index >= 15 is 0 Å². The van der Waals surface area contributed by atoms with E-state index in [1.54, 1.807) is 25.5 Å². The quantitative estimate of drug-likeness (QED) is 0.307. The molecule has 0 aliphatic carbocycles. The van der Waals surface area contributed by atoms with Crippen molar-refractivity contribution in [2.75, 3.05) is 6.54 Å². The van der Waals surface area contributed by atoms with Crippen LogP contribution in [0.15, 0.2) is 58.3 Å². The molecule has 1 aliphatic rings. The largest absolute Gasteiger partial charge is 0.511 e. The number of halogens is 3. The first-order valence-electron chi connectivity index (χ1n) is 11.6. The van der Waals surface area contributed by atoms with Gasteiger partial charge in [0.05, 0.1) is 10.6 Å². The molecule has 1 N–H and O–H groups in total. The molecule has 1 fully saturated rings. The smallest absolute Gasteiger partial charge is 0.444 e. The third kappa shape index (κ3) is 8.30. The van der Waals surface area contributed by atoms with Crippen LogP contribution in [0.3, 0.4) is 0 Å². The highest BCUT2D eigenvalue weighted by atomic mass is 32.2. The zero-order valence-electron chi connectivity index (χ0n) is 21.2. The van der Waals surface area contributed by atoms with Crippen molar-refractivity contribution in [2.24, 2.45) is 0 Å². The van der Waals surface area contributed by atoms with Crippen molar-refractivity contribution in [3.8, 4) is 0 Å². The molecule has 37 heavy (non-hydrogen) atoms. The van der Waals surface area contributed by atoms with E-state index in [-0.39, 0.29) is 17.5 Å². The number of hydrogen-bond acceptors (Lipinski definition) is 6. The minimum atomic E-state index is -5.58. The zero-order valence-corrected chi connectivity index (χ0v) is 23.7. The highest BCUT2D eigenvalue weighted by molar-refractivity contribution is 8.17. The Labute approximate surface area is 224 Å². The third-order valence-corrected chi connectivity index (χ3v) is 9.47. The zero-order chi connectivity index (χ0) is 27.6. The monoisotopic (exact) mass is 576 g/mol. The van der Waals surface area contributed by atoms with Gasteiger partial charge in [0.2, 0.25) is 0 Å². The van der Waals surface area contributed by atoms with Crippen molar-refractivity contribution in [3.05, 3.63) is 59.7 Å². The number of nitrogens with zero attached hydrogens (tertiary/aromatic N) is 1. The lowest BCUT2D eigenvalue weighted by molar-refractivity contribution is -0.0450. The molecule has 0 aromatic heterocycles. The number of rotatable bonds is 7. The van der Waals surface area contributed by atoms with Crippen LogP contribution in [0.4, 0.5) is 18.0 Å². The fourth-order valence-corrected chi connectivity index (χ4v) is 7.26. The number of hydrogen-bond donors (Lipinski definition) is 1. The molecule has 0 bridgehead atoms. The highest BCUT2D eigenvalue weighted by Crippen LogP contribution is 2.43. The van der Waals surface area contributed by atoms with Crippen LogP contribution in [0, 0.1) is 13.8 Å². The molecule has 0 radical (unpaired) electrons. The summed E-state index contributed by atoms with van der Waals surface area (Å²) in [5, 5.41) is 0. The average Bonchev–Trinajstić information content (AvgIpc) is 3.17. The van der Waals surface area contributed by atoms with E-state index in [2.05, 4.69) is 0 Å². The summed E-state index contributed by atoms with van der Waals surface area (Å²) >= 11 is 2.94. The fraction of sp³-hybridized carbons (Fsp3) is 0.480. The Balaban J connectivity index is 1.96. The van der Waals surface area contributed by atoms with Crippen LogP contribution < -0.4 is 4.72 Å². The maximum absolute atomic E-state index is 13.2.